The number of aliphatic carboxylic acids is 1. The number of ether oxygens (including phenoxy) is 1. The highest BCUT2D eigenvalue weighted by Gasteiger charge is 2.04. The number of carboxylic acid groups (broad SMARTS) is 1. The Balaban J connectivity index is 1.99. The zero-order chi connectivity index (χ0) is 14.5. The fraction of sp³-hybridized carbons (Fsp3) is 0.286. The van der Waals surface area contributed by atoms with Crippen LogP contribution in [0.4, 0.5) is 0 Å². The predicted octanol–water partition coefficient (Wildman–Crippen LogP) is 3.19. The zero-order valence-electron chi connectivity index (χ0n) is 10.6. The van der Waals surface area contributed by atoms with E-state index in [9.17, 15) is 9.59 Å². The average Bonchev–Trinajstić information content (AvgIpc) is 2.39. The van der Waals surface area contributed by atoms with Gasteiger partial charge in [-0.05, 0) is 47.0 Å². The van der Waals surface area contributed by atoms with Crippen LogP contribution in [0.2, 0.25) is 0 Å². The number of carbonyl (C=O) groups is 1. The lowest BCUT2D eigenvalue weighted by Gasteiger charge is -2.06. The van der Waals surface area contributed by atoms with Crippen molar-refractivity contribution in [1.82, 2.24) is 0 Å². The number of unbranched alkanes of at least 4 members (excludes halogenated alkanes) is 1. The molecule has 0 saturated heterocycles. The van der Waals surface area contributed by atoms with Crippen LogP contribution in [0.1, 0.15) is 19.3 Å². The van der Waals surface area contributed by atoms with Gasteiger partial charge in [0, 0.05) is 17.9 Å². The molecule has 1 N–H and O–H groups in total. The molecule has 2 rings (SSSR count). The summed E-state index contributed by atoms with van der Waals surface area (Å²) < 4.78 is 11.0. The summed E-state index contributed by atoms with van der Waals surface area (Å²) in [6.07, 6.45) is 1.38. The van der Waals surface area contributed by atoms with Gasteiger partial charge in [-0.15, -0.1) is 0 Å². The van der Waals surface area contributed by atoms with Crippen molar-refractivity contribution in [2.75, 3.05) is 6.61 Å². The third-order valence-electron chi connectivity index (χ3n) is 2.72. The molecular weight excluding hydrogens is 328 g/mol. The van der Waals surface area contributed by atoms with E-state index in [4.69, 9.17) is 14.3 Å². The first-order chi connectivity index (χ1) is 9.56. The van der Waals surface area contributed by atoms with E-state index in [2.05, 4.69) is 15.9 Å². The maximum Gasteiger partial charge on any atom is 0.350 e. The van der Waals surface area contributed by atoms with Gasteiger partial charge in [0.2, 0.25) is 0 Å². The summed E-state index contributed by atoms with van der Waals surface area (Å²) in [6, 6.07) is 6.93. The maximum atomic E-state index is 11.4. The van der Waals surface area contributed by atoms with E-state index in [-0.39, 0.29) is 6.42 Å². The Labute approximate surface area is 123 Å². The summed E-state index contributed by atoms with van der Waals surface area (Å²) in [7, 11) is 0. The van der Waals surface area contributed by atoms with Gasteiger partial charge in [0.15, 0.2) is 0 Å². The molecule has 5 nitrogen and oxygen atoms in total. The molecule has 0 spiro atoms. The van der Waals surface area contributed by atoms with E-state index < -0.39 is 11.6 Å². The summed E-state index contributed by atoms with van der Waals surface area (Å²) in [4.78, 5) is 21.7. The van der Waals surface area contributed by atoms with Crippen LogP contribution in [0.25, 0.3) is 11.0 Å². The van der Waals surface area contributed by atoms with Gasteiger partial charge in [0.05, 0.1) is 6.61 Å². The minimum absolute atomic E-state index is 0.143. The molecule has 6 heteroatoms. The smallest absolute Gasteiger partial charge is 0.350 e. The SMILES string of the molecule is O=C(O)CCCCOc1ccc2cc(Br)c(=O)oc2c1. The van der Waals surface area contributed by atoms with Crippen LogP contribution >= 0.6 is 15.9 Å². The van der Waals surface area contributed by atoms with E-state index in [1.807, 2.05) is 0 Å². The average molecular weight is 341 g/mol. The lowest BCUT2D eigenvalue weighted by Crippen LogP contribution is -2.01. The minimum Gasteiger partial charge on any atom is -0.493 e. The molecule has 1 heterocycles. The Kier molecular flexibility index (Phi) is 4.79. The summed E-state index contributed by atoms with van der Waals surface area (Å²) >= 11 is 3.12. The van der Waals surface area contributed by atoms with Crippen LogP contribution in [-0.4, -0.2) is 17.7 Å². The molecule has 1 aromatic heterocycles. The topological polar surface area (TPSA) is 76.7 Å². The largest absolute Gasteiger partial charge is 0.493 e. The Morgan fingerprint density at radius 2 is 2.10 bits per heavy atom. The zero-order valence-corrected chi connectivity index (χ0v) is 12.2. The predicted molar refractivity (Wildman–Crippen MR) is 77.2 cm³/mol. The highest BCUT2D eigenvalue weighted by atomic mass is 79.9. The van der Waals surface area contributed by atoms with Gasteiger partial charge >= 0.3 is 11.6 Å². The molecule has 2 aromatic rings. The minimum atomic E-state index is -0.803. The lowest BCUT2D eigenvalue weighted by molar-refractivity contribution is -0.137. The molecule has 106 valence electrons. The number of rotatable bonds is 6. The Hall–Kier alpha value is -1.82. The van der Waals surface area contributed by atoms with E-state index in [1.54, 1.807) is 24.3 Å². The third-order valence-corrected chi connectivity index (χ3v) is 3.27. The third kappa shape index (κ3) is 3.84. The summed E-state index contributed by atoms with van der Waals surface area (Å²) in [6.45, 7) is 0.430. The Morgan fingerprint density at radius 3 is 2.85 bits per heavy atom. The van der Waals surface area contributed by atoms with Crippen LogP contribution in [0.15, 0.2) is 37.9 Å². The van der Waals surface area contributed by atoms with Crippen LogP contribution in [-0.2, 0) is 4.79 Å². The van der Waals surface area contributed by atoms with Crippen molar-refractivity contribution in [2.45, 2.75) is 19.3 Å². The van der Waals surface area contributed by atoms with E-state index >= 15 is 0 Å². The molecular formula is C14H13BrO5. The number of hydrogen-bond acceptors (Lipinski definition) is 4. The van der Waals surface area contributed by atoms with Crippen LogP contribution in [0.3, 0.4) is 0 Å². The highest BCUT2D eigenvalue weighted by Crippen LogP contribution is 2.22. The number of carboxylic acids is 1. The van der Waals surface area contributed by atoms with Crippen molar-refractivity contribution in [3.8, 4) is 5.75 Å². The van der Waals surface area contributed by atoms with Gasteiger partial charge < -0.3 is 14.3 Å². The summed E-state index contributed by atoms with van der Waals surface area (Å²) in [5.41, 5.74) is 0.0253. The van der Waals surface area contributed by atoms with Gasteiger partial charge in [-0.3, -0.25) is 4.79 Å². The first-order valence-electron chi connectivity index (χ1n) is 6.14. The first-order valence-corrected chi connectivity index (χ1v) is 6.93. The highest BCUT2D eigenvalue weighted by molar-refractivity contribution is 9.10. The van der Waals surface area contributed by atoms with Gasteiger partial charge in [-0.25, -0.2) is 4.79 Å². The Morgan fingerprint density at radius 1 is 1.30 bits per heavy atom. The Bertz CT molecular complexity index is 677. The molecule has 0 aliphatic rings. The van der Waals surface area contributed by atoms with Crippen LogP contribution in [0.5, 0.6) is 5.75 Å². The summed E-state index contributed by atoms with van der Waals surface area (Å²) in [5.74, 6) is -0.207. The number of hydrogen-bond donors (Lipinski definition) is 1. The molecule has 20 heavy (non-hydrogen) atoms. The lowest BCUT2D eigenvalue weighted by atomic mass is 10.2. The number of fused-ring (bicyclic) bond motifs is 1. The van der Waals surface area contributed by atoms with Gasteiger partial charge in [0.1, 0.15) is 15.8 Å². The van der Waals surface area contributed by atoms with Gasteiger partial charge in [0.25, 0.3) is 0 Å². The second-order valence-corrected chi connectivity index (χ2v) is 5.14. The second-order valence-electron chi connectivity index (χ2n) is 4.28. The fourth-order valence-electron chi connectivity index (χ4n) is 1.72. The fourth-order valence-corrected chi connectivity index (χ4v) is 2.05. The molecule has 0 amide bonds. The van der Waals surface area contributed by atoms with Crippen LogP contribution in [0, 0.1) is 0 Å². The molecule has 0 bridgehead atoms. The molecule has 0 aliphatic heterocycles. The molecule has 0 saturated carbocycles. The molecule has 0 aliphatic carbocycles. The van der Waals surface area contributed by atoms with E-state index in [0.717, 1.165) is 5.39 Å². The monoisotopic (exact) mass is 340 g/mol. The van der Waals surface area contributed by atoms with E-state index in [1.165, 1.54) is 0 Å². The quantitative estimate of drug-likeness (QED) is 0.645. The molecule has 0 radical (unpaired) electrons. The second kappa shape index (κ2) is 6.56. The molecule has 0 fully saturated rings. The first kappa shape index (κ1) is 14.6. The van der Waals surface area contributed by atoms with E-state index in [0.29, 0.717) is 35.3 Å². The standard InChI is InChI=1S/C14H13BrO5/c15-11-7-9-4-5-10(8-12(9)20-14(11)18)19-6-2-1-3-13(16)17/h4-5,7-8H,1-3,6H2,(H,16,17). The van der Waals surface area contributed by atoms with Crippen molar-refractivity contribution in [1.29, 1.82) is 0 Å². The van der Waals surface area contributed by atoms with Crippen molar-refractivity contribution in [3.05, 3.63) is 39.2 Å². The van der Waals surface area contributed by atoms with Crippen molar-refractivity contribution in [2.24, 2.45) is 0 Å². The summed E-state index contributed by atoms with van der Waals surface area (Å²) in [5, 5.41) is 9.31. The van der Waals surface area contributed by atoms with Crippen LogP contribution < -0.4 is 10.4 Å². The van der Waals surface area contributed by atoms with Crippen molar-refractivity contribution in [3.63, 3.8) is 0 Å². The molecule has 0 unspecified atom stereocenters. The molecule has 0 atom stereocenters. The van der Waals surface area contributed by atoms with Gasteiger partial charge in [-0.1, -0.05) is 0 Å². The van der Waals surface area contributed by atoms with Gasteiger partial charge in [-0.2, -0.15) is 0 Å². The maximum absolute atomic E-state index is 11.4. The normalized spacial score (nSPS) is 10.7. The van der Waals surface area contributed by atoms with Crippen molar-refractivity contribution < 1.29 is 19.1 Å². The number of benzene rings is 1. The number of halogens is 1. The van der Waals surface area contributed by atoms with Crippen molar-refractivity contribution >= 4 is 32.9 Å². The molecule has 1 aromatic carbocycles.